The van der Waals surface area contributed by atoms with E-state index >= 15 is 0 Å². The highest BCUT2D eigenvalue weighted by Gasteiger charge is 2.36. The maximum atomic E-state index is 5.54. The summed E-state index contributed by atoms with van der Waals surface area (Å²) in [6, 6.07) is 5.97. The first kappa shape index (κ1) is 12.0. The summed E-state index contributed by atoms with van der Waals surface area (Å²) in [4.78, 5) is 4.38. The van der Waals surface area contributed by atoms with Crippen molar-refractivity contribution in [3.63, 3.8) is 0 Å². The lowest BCUT2D eigenvalue weighted by Gasteiger charge is -2.40. The second kappa shape index (κ2) is 5.25. The molecule has 1 aromatic heterocycles. The van der Waals surface area contributed by atoms with E-state index in [4.69, 9.17) is 4.74 Å². The molecule has 2 rings (SSSR count). The highest BCUT2D eigenvalue weighted by atomic mass is 79.9. The minimum Gasteiger partial charge on any atom is -0.377 e. The second-order valence-corrected chi connectivity index (χ2v) is 5.11. The first-order valence-corrected chi connectivity index (χ1v) is 6.41. The summed E-state index contributed by atoms with van der Waals surface area (Å²) in [6.45, 7) is 1.71. The molecule has 0 spiro atoms. The highest BCUT2D eigenvalue weighted by Crippen LogP contribution is 2.34. The van der Waals surface area contributed by atoms with Crippen LogP contribution in [0.4, 0.5) is 0 Å². The van der Waals surface area contributed by atoms with Gasteiger partial charge in [-0.2, -0.15) is 0 Å². The summed E-state index contributed by atoms with van der Waals surface area (Å²) >= 11 is 3.37. The van der Waals surface area contributed by atoms with Crippen LogP contribution in [0.25, 0.3) is 0 Å². The van der Waals surface area contributed by atoms with Crippen LogP contribution in [0.15, 0.2) is 22.8 Å². The first-order valence-electron chi connectivity index (χ1n) is 5.61. The van der Waals surface area contributed by atoms with Gasteiger partial charge >= 0.3 is 0 Å². The number of halogens is 1. The standard InChI is InChI=1S/C12H17BrN2O/c1-16-12(6-3-7-12)9-14-8-10-4-2-5-11(13)15-10/h2,4-5,14H,3,6-9H2,1H3. The van der Waals surface area contributed by atoms with Crippen LogP contribution in [-0.2, 0) is 11.3 Å². The average Bonchev–Trinajstić information content (AvgIpc) is 2.22. The molecule has 1 saturated carbocycles. The van der Waals surface area contributed by atoms with Crippen LogP contribution in [0.1, 0.15) is 25.0 Å². The predicted octanol–water partition coefficient (Wildman–Crippen LogP) is 2.50. The zero-order chi connectivity index (χ0) is 11.4. The van der Waals surface area contributed by atoms with Crippen LogP contribution < -0.4 is 5.32 Å². The van der Waals surface area contributed by atoms with Crippen molar-refractivity contribution in [3.05, 3.63) is 28.5 Å². The van der Waals surface area contributed by atoms with Gasteiger partial charge < -0.3 is 10.1 Å². The fraction of sp³-hybridized carbons (Fsp3) is 0.583. The predicted molar refractivity (Wildman–Crippen MR) is 67.2 cm³/mol. The Balaban J connectivity index is 1.79. The molecule has 1 heterocycles. The largest absolute Gasteiger partial charge is 0.377 e. The fourth-order valence-electron chi connectivity index (χ4n) is 1.99. The molecule has 4 heteroatoms. The number of hydrogen-bond acceptors (Lipinski definition) is 3. The number of nitrogens with zero attached hydrogens (tertiary/aromatic N) is 1. The number of pyridine rings is 1. The van der Waals surface area contributed by atoms with E-state index in [-0.39, 0.29) is 5.60 Å². The number of aromatic nitrogens is 1. The molecule has 88 valence electrons. The van der Waals surface area contributed by atoms with Gasteiger partial charge in [0.2, 0.25) is 0 Å². The summed E-state index contributed by atoms with van der Waals surface area (Å²) in [5.74, 6) is 0. The van der Waals surface area contributed by atoms with Gasteiger partial charge in [-0.05, 0) is 47.3 Å². The van der Waals surface area contributed by atoms with Crippen molar-refractivity contribution < 1.29 is 4.74 Å². The summed E-state index contributed by atoms with van der Waals surface area (Å²) in [5, 5.41) is 3.41. The van der Waals surface area contributed by atoms with Crippen LogP contribution >= 0.6 is 15.9 Å². The Hall–Kier alpha value is -0.450. The Kier molecular flexibility index (Phi) is 3.95. The normalized spacial score (nSPS) is 18.1. The minimum absolute atomic E-state index is 0.0893. The van der Waals surface area contributed by atoms with Crippen molar-refractivity contribution in [1.29, 1.82) is 0 Å². The molecule has 0 aliphatic heterocycles. The van der Waals surface area contributed by atoms with Crippen LogP contribution in [0.2, 0.25) is 0 Å². The summed E-state index contributed by atoms with van der Waals surface area (Å²) < 4.78 is 6.43. The number of ether oxygens (including phenoxy) is 1. The molecule has 0 unspecified atom stereocenters. The molecule has 1 aliphatic carbocycles. The quantitative estimate of drug-likeness (QED) is 0.844. The van der Waals surface area contributed by atoms with E-state index < -0.39 is 0 Å². The van der Waals surface area contributed by atoms with Crippen LogP contribution in [0.3, 0.4) is 0 Å². The maximum absolute atomic E-state index is 5.54. The lowest BCUT2D eigenvalue weighted by molar-refractivity contribution is -0.0695. The van der Waals surface area contributed by atoms with Crippen molar-refractivity contribution in [2.24, 2.45) is 0 Å². The molecule has 0 saturated heterocycles. The number of hydrogen-bond donors (Lipinski definition) is 1. The molecule has 0 atom stereocenters. The first-order chi connectivity index (χ1) is 7.74. The summed E-state index contributed by atoms with van der Waals surface area (Å²) in [7, 11) is 1.80. The maximum Gasteiger partial charge on any atom is 0.106 e. The lowest BCUT2D eigenvalue weighted by Crippen LogP contribution is -2.47. The molecule has 1 N–H and O–H groups in total. The van der Waals surface area contributed by atoms with Crippen molar-refractivity contribution >= 4 is 15.9 Å². The minimum atomic E-state index is 0.0893. The SMILES string of the molecule is COC1(CNCc2cccc(Br)n2)CCC1. The highest BCUT2D eigenvalue weighted by molar-refractivity contribution is 9.10. The molecule has 1 aromatic rings. The topological polar surface area (TPSA) is 34.1 Å². The fourth-order valence-corrected chi connectivity index (χ4v) is 2.37. The second-order valence-electron chi connectivity index (χ2n) is 4.30. The van der Waals surface area contributed by atoms with Gasteiger partial charge in [0.25, 0.3) is 0 Å². The Morgan fingerprint density at radius 2 is 2.31 bits per heavy atom. The Labute approximate surface area is 105 Å². The van der Waals surface area contributed by atoms with Gasteiger partial charge in [0.1, 0.15) is 4.60 Å². The Morgan fingerprint density at radius 1 is 1.50 bits per heavy atom. The number of methoxy groups -OCH3 is 1. The van der Waals surface area contributed by atoms with E-state index in [9.17, 15) is 0 Å². The Morgan fingerprint density at radius 3 is 2.88 bits per heavy atom. The lowest BCUT2D eigenvalue weighted by atomic mass is 9.80. The van der Waals surface area contributed by atoms with Gasteiger partial charge in [-0.1, -0.05) is 6.07 Å². The Bertz CT molecular complexity index is 347. The monoisotopic (exact) mass is 284 g/mol. The van der Waals surface area contributed by atoms with Crippen molar-refractivity contribution in [1.82, 2.24) is 10.3 Å². The molecule has 16 heavy (non-hydrogen) atoms. The van der Waals surface area contributed by atoms with Gasteiger partial charge in [-0.3, -0.25) is 0 Å². The van der Waals surface area contributed by atoms with Crippen molar-refractivity contribution in [3.8, 4) is 0 Å². The molecule has 0 bridgehead atoms. The number of nitrogens with one attached hydrogen (secondary N) is 1. The van der Waals surface area contributed by atoms with Crippen LogP contribution in [0, 0.1) is 0 Å². The molecule has 3 nitrogen and oxygen atoms in total. The van der Waals surface area contributed by atoms with Gasteiger partial charge in [0.15, 0.2) is 0 Å². The van der Waals surface area contributed by atoms with Crippen molar-refractivity contribution in [2.45, 2.75) is 31.4 Å². The zero-order valence-corrected chi connectivity index (χ0v) is 11.1. The van der Waals surface area contributed by atoms with E-state index in [1.807, 2.05) is 18.2 Å². The summed E-state index contributed by atoms with van der Waals surface area (Å²) in [6.07, 6.45) is 3.62. The molecule has 1 fully saturated rings. The van der Waals surface area contributed by atoms with E-state index in [0.717, 1.165) is 23.4 Å². The molecule has 0 amide bonds. The van der Waals surface area contributed by atoms with Gasteiger partial charge in [-0.15, -0.1) is 0 Å². The van der Waals surface area contributed by atoms with Gasteiger partial charge in [0, 0.05) is 20.2 Å². The van der Waals surface area contributed by atoms with E-state index in [2.05, 4.69) is 26.2 Å². The molecule has 0 aromatic carbocycles. The number of rotatable bonds is 5. The average molecular weight is 285 g/mol. The molecule has 1 aliphatic rings. The van der Waals surface area contributed by atoms with E-state index in [1.165, 1.54) is 19.3 Å². The third-order valence-corrected chi connectivity index (χ3v) is 3.67. The zero-order valence-electron chi connectivity index (χ0n) is 9.50. The van der Waals surface area contributed by atoms with Crippen LogP contribution in [0.5, 0.6) is 0 Å². The third kappa shape index (κ3) is 2.81. The van der Waals surface area contributed by atoms with Gasteiger partial charge in [0.05, 0.1) is 11.3 Å². The van der Waals surface area contributed by atoms with E-state index in [1.54, 1.807) is 7.11 Å². The van der Waals surface area contributed by atoms with Gasteiger partial charge in [-0.25, -0.2) is 4.98 Å². The van der Waals surface area contributed by atoms with Crippen molar-refractivity contribution in [2.75, 3.05) is 13.7 Å². The third-order valence-electron chi connectivity index (χ3n) is 3.22. The molecular formula is C12H17BrN2O. The molecule has 0 radical (unpaired) electrons. The van der Waals surface area contributed by atoms with E-state index in [0.29, 0.717) is 0 Å². The summed E-state index contributed by atoms with van der Waals surface area (Å²) in [5.41, 5.74) is 1.14. The molecular weight excluding hydrogens is 268 g/mol. The van der Waals surface area contributed by atoms with Crippen LogP contribution in [-0.4, -0.2) is 24.2 Å². The smallest absolute Gasteiger partial charge is 0.106 e.